The molecule has 2 aromatic rings. The normalized spacial score (nSPS) is 10.8. The zero-order valence-corrected chi connectivity index (χ0v) is 11.3. The second-order valence-corrected chi connectivity index (χ2v) is 4.97. The van der Waals surface area contributed by atoms with Crippen LogP contribution >= 0.6 is 22.9 Å². The first kappa shape index (κ1) is 13.0. The standard InChI is InChI=1S/C11H12ClN3O2S/c1-2-7-4-15(11(17)14-10(7)16)5-9-13-8(3-12)6-18-9/h4,6H,2-3,5H2,1H3,(H,14,16,17). The summed E-state index contributed by atoms with van der Waals surface area (Å²) in [5.74, 6) is 0.358. The lowest BCUT2D eigenvalue weighted by Gasteiger charge is -2.04. The lowest BCUT2D eigenvalue weighted by Crippen LogP contribution is -2.31. The van der Waals surface area contributed by atoms with Crippen LogP contribution in [0.25, 0.3) is 0 Å². The fourth-order valence-corrected chi connectivity index (χ4v) is 2.57. The van der Waals surface area contributed by atoms with Gasteiger partial charge in [0.2, 0.25) is 0 Å². The number of hydrogen-bond donors (Lipinski definition) is 1. The predicted octanol–water partition coefficient (Wildman–Crippen LogP) is 1.34. The number of hydrogen-bond acceptors (Lipinski definition) is 4. The Labute approximate surface area is 112 Å². The molecule has 0 amide bonds. The van der Waals surface area contributed by atoms with Crippen LogP contribution < -0.4 is 11.2 Å². The van der Waals surface area contributed by atoms with Crippen molar-refractivity contribution in [1.29, 1.82) is 0 Å². The lowest BCUT2D eigenvalue weighted by molar-refractivity contribution is 0.703. The summed E-state index contributed by atoms with van der Waals surface area (Å²) in [5.41, 5.74) is 0.646. The monoisotopic (exact) mass is 285 g/mol. The Kier molecular flexibility index (Phi) is 3.98. The highest BCUT2D eigenvalue weighted by molar-refractivity contribution is 7.09. The average molecular weight is 286 g/mol. The molecule has 0 saturated heterocycles. The van der Waals surface area contributed by atoms with Crippen molar-refractivity contribution in [2.75, 3.05) is 0 Å². The van der Waals surface area contributed by atoms with Crippen molar-refractivity contribution in [3.8, 4) is 0 Å². The van der Waals surface area contributed by atoms with Gasteiger partial charge in [-0.2, -0.15) is 0 Å². The summed E-state index contributed by atoms with van der Waals surface area (Å²) in [6.45, 7) is 2.22. The Balaban J connectivity index is 2.34. The Morgan fingerprint density at radius 1 is 1.50 bits per heavy atom. The number of nitrogens with zero attached hydrogens (tertiary/aromatic N) is 2. The fourth-order valence-electron chi connectivity index (χ4n) is 1.55. The van der Waals surface area contributed by atoms with E-state index in [0.717, 1.165) is 10.7 Å². The number of alkyl halides is 1. The molecule has 0 aromatic carbocycles. The Hall–Kier alpha value is -1.40. The molecule has 96 valence electrons. The third-order valence-electron chi connectivity index (χ3n) is 2.51. The summed E-state index contributed by atoms with van der Waals surface area (Å²) < 4.78 is 1.46. The second-order valence-electron chi connectivity index (χ2n) is 3.76. The maximum Gasteiger partial charge on any atom is 0.328 e. The third kappa shape index (κ3) is 2.70. The van der Waals surface area contributed by atoms with Gasteiger partial charge in [-0.25, -0.2) is 9.78 Å². The number of thiazole rings is 1. The summed E-state index contributed by atoms with van der Waals surface area (Å²) >= 11 is 7.12. The van der Waals surface area contributed by atoms with Gasteiger partial charge in [-0.3, -0.25) is 14.3 Å². The Bertz CT molecular complexity index is 659. The zero-order valence-electron chi connectivity index (χ0n) is 9.77. The van der Waals surface area contributed by atoms with Crippen LogP contribution in [0.3, 0.4) is 0 Å². The molecule has 0 saturated carbocycles. The first-order valence-corrected chi connectivity index (χ1v) is 6.87. The van der Waals surface area contributed by atoms with Crippen molar-refractivity contribution in [3.05, 3.63) is 48.7 Å². The van der Waals surface area contributed by atoms with E-state index in [0.29, 0.717) is 24.4 Å². The summed E-state index contributed by atoms with van der Waals surface area (Å²) in [7, 11) is 0. The minimum Gasteiger partial charge on any atom is -0.293 e. The number of H-pyrrole nitrogens is 1. The van der Waals surface area contributed by atoms with Gasteiger partial charge in [0.15, 0.2) is 0 Å². The number of aromatic nitrogens is 3. The van der Waals surface area contributed by atoms with Crippen molar-refractivity contribution in [1.82, 2.24) is 14.5 Å². The molecule has 0 atom stereocenters. The van der Waals surface area contributed by atoms with E-state index in [9.17, 15) is 9.59 Å². The molecule has 2 heterocycles. The van der Waals surface area contributed by atoms with E-state index in [2.05, 4.69) is 9.97 Å². The number of aromatic amines is 1. The van der Waals surface area contributed by atoms with Gasteiger partial charge < -0.3 is 0 Å². The summed E-state index contributed by atoms with van der Waals surface area (Å²) in [6.07, 6.45) is 2.17. The fraction of sp³-hybridized carbons (Fsp3) is 0.364. The molecule has 0 unspecified atom stereocenters. The lowest BCUT2D eigenvalue weighted by atomic mass is 10.3. The van der Waals surface area contributed by atoms with Crippen molar-refractivity contribution in [3.63, 3.8) is 0 Å². The molecule has 7 heteroatoms. The molecular weight excluding hydrogens is 274 g/mol. The van der Waals surface area contributed by atoms with Crippen LogP contribution in [-0.2, 0) is 18.8 Å². The molecule has 0 fully saturated rings. The average Bonchev–Trinajstić information content (AvgIpc) is 2.80. The quantitative estimate of drug-likeness (QED) is 0.862. The molecule has 2 rings (SSSR count). The predicted molar refractivity (Wildman–Crippen MR) is 71.5 cm³/mol. The third-order valence-corrected chi connectivity index (χ3v) is 3.66. The molecular formula is C11H12ClN3O2S. The molecule has 1 N–H and O–H groups in total. The second kappa shape index (κ2) is 5.49. The minimum atomic E-state index is -0.417. The smallest absolute Gasteiger partial charge is 0.293 e. The van der Waals surface area contributed by atoms with Crippen LogP contribution in [0.15, 0.2) is 21.2 Å². The number of rotatable bonds is 4. The van der Waals surface area contributed by atoms with Gasteiger partial charge in [-0.15, -0.1) is 22.9 Å². The Morgan fingerprint density at radius 3 is 2.89 bits per heavy atom. The maximum absolute atomic E-state index is 11.6. The van der Waals surface area contributed by atoms with E-state index in [1.165, 1.54) is 15.9 Å². The molecule has 0 radical (unpaired) electrons. The van der Waals surface area contributed by atoms with Crippen LogP contribution in [0.1, 0.15) is 23.2 Å². The topological polar surface area (TPSA) is 67.8 Å². The molecule has 0 aliphatic heterocycles. The number of nitrogens with one attached hydrogen (secondary N) is 1. The number of halogens is 1. The molecule has 18 heavy (non-hydrogen) atoms. The molecule has 5 nitrogen and oxygen atoms in total. The first-order chi connectivity index (χ1) is 8.63. The van der Waals surface area contributed by atoms with Crippen LogP contribution in [-0.4, -0.2) is 14.5 Å². The van der Waals surface area contributed by atoms with Crippen LogP contribution in [0, 0.1) is 0 Å². The van der Waals surface area contributed by atoms with Crippen LogP contribution in [0.2, 0.25) is 0 Å². The van der Waals surface area contributed by atoms with Gasteiger partial charge in [0.05, 0.1) is 18.1 Å². The van der Waals surface area contributed by atoms with Gasteiger partial charge in [-0.05, 0) is 6.42 Å². The van der Waals surface area contributed by atoms with Crippen LogP contribution in [0.4, 0.5) is 0 Å². The molecule has 0 spiro atoms. The molecule has 0 bridgehead atoms. The largest absolute Gasteiger partial charge is 0.328 e. The molecule has 2 aromatic heterocycles. The highest BCUT2D eigenvalue weighted by Crippen LogP contribution is 2.12. The first-order valence-electron chi connectivity index (χ1n) is 5.46. The van der Waals surface area contributed by atoms with Crippen molar-refractivity contribution in [2.24, 2.45) is 0 Å². The van der Waals surface area contributed by atoms with E-state index in [4.69, 9.17) is 11.6 Å². The minimum absolute atomic E-state index is 0.320. The van der Waals surface area contributed by atoms with E-state index >= 15 is 0 Å². The molecule has 0 aliphatic carbocycles. The highest BCUT2D eigenvalue weighted by Gasteiger charge is 2.06. The Morgan fingerprint density at radius 2 is 2.28 bits per heavy atom. The highest BCUT2D eigenvalue weighted by atomic mass is 35.5. The van der Waals surface area contributed by atoms with Gasteiger partial charge in [0.25, 0.3) is 5.56 Å². The van der Waals surface area contributed by atoms with Crippen LogP contribution in [0.5, 0.6) is 0 Å². The summed E-state index contributed by atoms with van der Waals surface area (Å²) in [6, 6.07) is 0. The van der Waals surface area contributed by atoms with Crippen molar-refractivity contribution < 1.29 is 0 Å². The van der Waals surface area contributed by atoms with Gasteiger partial charge in [0, 0.05) is 17.1 Å². The van der Waals surface area contributed by atoms with Gasteiger partial charge >= 0.3 is 5.69 Å². The van der Waals surface area contributed by atoms with Gasteiger partial charge in [-0.1, -0.05) is 6.92 Å². The van der Waals surface area contributed by atoms with E-state index in [1.807, 2.05) is 12.3 Å². The van der Waals surface area contributed by atoms with E-state index in [-0.39, 0.29) is 5.56 Å². The maximum atomic E-state index is 11.6. The van der Waals surface area contributed by atoms with Gasteiger partial charge in [0.1, 0.15) is 5.01 Å². The zero-order chi connectivity index (χ0) is 13.1. The summed E-state index contributed by atoms with van der Waals surface area (Å²) in [5, 5.41) is 2.65. The van der Waals surface area contributed by atoms with E-state index in [1.54, 1.807) is 6.20 Å². The molecule has 0 aliphatic rings. The van der Waals surface area contributed by atoms with E-state index < -0.39 is 5.69 Å². The van der Waals surface area contributed by atoms with Crippen molar-refractivity contribution >= 4 is 22.9 Å². The summed E-state index contributed by atoms with van der Waals surface area (Å²) in [4.78, 5) is 29.7. The van der Waals surface area contributed by atoms with Crippen molar-refractivity contribution in [2.45, 2.75) is 25.8 Å². The SMILES string of the molecule is CCc1cn(Cc2nc(CCl)cs2)c(=O)[nH]c1=O. The number of aryl methyl sites for hydroxylation is 1.